The fourth-order valence-electron chi connectivity index (χ4n) is 3.23. The molecule has 0 radical (unpaired) electrons. The highest BCUT2D eigenvalue weighted by Gasteiger charge is 2.18. The summed E-state index contributed by atoms with van der Waals surface area (Å²) in [5.74, 6) is 0.985. The molecule has 0 bridgehead atoms. The number of halogens is 2. The average Bonchev–Trinajstić information content (AvgIpc) is 3.16. The Morgan fingerprint density at radius 3 is 2.41 bits per heavy atom. The van der Waals surface area contributed by atoms with E-state index in [1.54, 1.807) is 19.2 Å². The average molecular weight is 488 g/mol. The van der Waals surface area contributed by atoms with E-state index in [1.165, 1.54) is 29.4 Å². The first kappa shape index (κ1) is 22.4. The fraction of sp³-hybridized carbons (Fsp3) is 0.182. The van der Waals surface area contributed by atoms with Crippen LogP contribution in [0.2, 0.25) is 10.0 Å². The van der Waals surface area contributed by atoms with Crippen molar-refractivity contribution in [1.82, 2.24) is 23.9 Å². The highest BCUT2D eigenvalue weighted by molar-refractivity contribution is 7.98. The quantitative estimate of drug-likeness (QED) is 0.384. The van der Waals surface area contributed by atoms with E-state index in [4.69, 9.17) is 23.2 Å². The largest absolute Gasteiger partial charge is 0.330 e. The van der Waals surface area contributed by atoms with Gasteiger partial charge in [0.2, 0.25) is 0 Å². The van der Waals surface area contributed by atoms with E-state index in [1.807, 2.05) is 41.0 Å². The van der Waals surface area contributed by atoms with Gasteiger partial charge >= 0.3 is 5.69 Å². The van der Waals surface area contributed by atoms with Gasteiger partial charge in [0, 0.05) is 42.2 Å². The maximum Gasteiger partial charge on any atom is 0.330 e. The molecule has 0 N–H and O–H groups in total. The normalized spacial score (nSPS) is 11.1. The molecule has 0 aliphatic heterocycles. The minimum absolute atomic E-state index is 0.344. The molecule has 2 aromatic carbocycles. The summed E-state index contributed by atoms with van der Waals surface area (Å²) in [6.07, 6.45) is 0. The van der Waals surface area contributed by atoms with Crippen LogP contribution in [0.3, 0.4) is 0 Å². The van der Waals surface area contributed by atoms with Gasteiger partial charge in [0.05, 0.1) is 11.6 Å². The molecule has 0 aliphatic carbocycles. The van der Waals surface area contributed by atoms with E-state index in [0.717, 1.165) is 10.1 Å². The second-order valence-corrected chi connectivity index (χ2v) is 8.95. The Morgan fingerprint density at radius 1 is 0.938 bits per heavy atom. The van der Waals surface area contributed by atoms with E-state index in [9.17, 15) is 9.59 Å². The number of thioether (sulfide) groups is 1. The summed E-state index contributed by atoms with van der Waals surface area (Å²) >= 11 is 13.9. The molecule has 0 atom stereocenters. The van der Waals surface area contributed by atoms with Crippen LogP contribution in [-0.4, -0.2) is 23.9 Å². The Bertz CT molecular complexity index is 1400. The number of nitrogens with zero attached hydrogens (tertiary/aromatic N) is 5. The molecular formula is C22H19Cl2N5O2S. The zero-order chi connectivity index (χ0) is 22.8. The Kier molecular flexibility index (Phi) is 6.55. The predicted molar refractivity (Wildman–Crippen MR) is 128 cm³/mol. The molecule has 164 valence electrons. The number of benzene rings is 2. The number of rotatable bonds is 6. The zero-order valence-electron chi connectivity index (χ0n) is 17.3. The van der Waals surface area contributed by atoms with Crippen LogP contribution in [0, 0.1) is 0 Å². The van der Waals surface area contributed by atoms with Crippen LogP contribution in [-0.2, 0) is 26.4 Å². The van der Waals surface area contributed by atoms with Crippen molar-refractivity contribution >= 4 is 35.0 Å². The van der Waals surface area contributed by atoms with Crippen LogP contribution >= 0.6 is 35.0 Å². The lowest BCUT2D eigenvalue weighted by atomic mass is 10.2. The monoisotopic (exact) mass is 487 g/mol. The van der Waals surface area contributed by atoms with Crippen molar-refractivity contribution in [2.75, 3.05) is 0 Å². The highest BCUT2D eigenvalue weighted by atomic mass is 35.5. The van der Waals surface area contributed by atoms with Gasteiger partial charge in [-0.3, -0.25) is 18.5 Å². The van der Waals surface area contributed by atoms with Gasteiger partial charge in [0.25, 0.3) is 5.56 Å². The van der Waals surface area contributed by atoms with Crippen molar-refractivity contribution in [2.24, 2.45) is 14.1 Å². The molecule has 2 aromatic heterocycles. The smallest absolute Gasteiger partial charge is 0.300 e. The molecule has 10 heteroatoms. The molecule has 0 aliphatic rings. The maximum atomic E-state index is 12.2. The van der Waals surface area contributed by atoms with Gasteiger partial charge in [0.1, 0.15) is 0 Å². The fourth-order valence-corrected chi connectivity index (χ4v) is 4.68. The van der Waals surface area contributed by atoms with Crippen LogP contribution < -0.4 is 11.2 Å². The van der Waals surface area contributed by atoms with Gasteiger partial charge in [-0.15, -0.1) is 10.2 Å². The lowest BCUT2D eigenvalue weighted by molar-refractivity contribution is 0.664. The Hall–Kier alpha value is -2.81. The lowest BCUT2D eigenvalue weighted by Crippen LogP contribution is -2.37. The van der Waals surface area contributed by atoms with Crippen LogP contribution in [0.25, 0.3) is 11.4 Å². The van der Waals surface area contributed by atoms with Crippen molar-refractivity contribution in [3.63, 3.8) is 0 Å². The number of hydrogen-bond acceptors (Lipinski definition) is 5. The van der Waals surface area contributed by atoms with Crippen LogP contribution in [0.4, 0.5) is 0 Å². The second kappa shape index (κ2) is 9.36. The Morgan fingerprint density at radius 2 is 1.69 bits per heavy atom. The van der Waals surface area contributed by atoms with E-state index >= 15 is 0 Å². The highest BCUT2D eigenvalue weighted by Crippen LogP contribution is 2.32. The van der Waals surface area contributed by atoms with Gasteiger partial charge in [-0.05, 0) is 23.8 Å². The molecule has 0 saturated heterocycles. The van der Waals surface area contributed by atoms with Gasteiger partial charge in [-0.2, -0.15) is 0 Å². The first-order valence-electron chi connectivity index (χ1n) is 9.66. The van der Waals surface area contributed by atoms with E-state index < -0.39 is 0 Å². The maximum absolute atomic E-state index is 12.2. The summed E-state index contributed by atoms with van der Waals surface area (Å²) in [5, 5.41) is 10.4. The molecule has 7 nitrogen and oxygen atoms in total. The third-order valence-electron chi connectivity index (χ3n) is 5.05. The Balaban J connectivity index is 1.73. The summed E-state index contributed by atoms with van der Waals surface area (Å²) < 4.78 is 4.50. The molecule has 0 amide bonds. The minimum Gasteiger partial charge on any atom is -0.300 e. The molecule has 0 spiro atoms. The molecular weight excluding hydrogens is 469 g/mol. The molecule has 0 fully saturated rings. The summed E-state index contributed by atoms with van der Waals surface area (Å²) in [6.45, 7) is 0.528. The lowest BCUT2D eigenvalue weighted by Gasteiger charge is -2.12. The predicted octanol–water partition coefficient (Wildman–Crippen LogP) is 3.99. The van der Waals surface area contributed by atoms with Crippen LogP contribution in [0.1, 0.15) is 11.3 Å². The summed E-state index contributed by atoms with van der Waals surface area (Å²) in [5.41, 5.74) is 1.67. The third-order valence-corrected chi connectivity index (χ3v) is 6.60. The van der Waals surface area contributed by atoms with Gasteiger partial charge in [-0.1, -0.05) is 65.3 Å². The molecule has 4 rings (SSSR count). The van der Waals surface area contributed by atoms with Crippen molar-refractivity contribution in [3.8, 4) is 11.4 Å². The van der Waals surface area contributed by atoms with Crippen molar-refractivity contribution < 1.29 is 0 Å². The van der Waals surface area contributed by atoms with Crippen LogP contribution in [0.15, 0.2) is 69.3 Å². The second-order valence-electron chi connectivity index (χ2n) is 7.17. The van der Waals surface area contributed by atoms with Crippen molar-refractivity contribution in [1.29, 1.82) is 0 Å². The molecule has 4 aromatic rings. The summed E-state index contributed by atoms with van der Waals surface area (Å²) in [6, 6.07) is 16.6. The minimum atomic E-state index is -0.368. The Labute approximate surface area is 198 Å². The first-order chi connectivity index (χ1) is 15.3. The standard InChI is InChI=1S/C22H19Cl2N5O2S/c1-27-16(11-19(30)28(2)22(27)31)13-32-21-26-25-20(17-9-8-15(23)10-18(17)24)29(21)12-14-6-4-3-5-7-14/h3-11H,12-13H2,1-2H3. The van der Waals surface area contributed by atoms with E-state index in [2.05, 4.69) is 10.2 Å². The third kappa shape index (κ3) is 4.53. The SMILES string of the molecule is Cn1c(CSc2nnc(-c3ccc(Cl)cc3Cl)n2Cc2ccccc2)cc(=O)n(C)c1=O. The molecule has 0 saturated carbocycles. The van der Waals surface area contributed by atoms with Gasteiger partial charge in [-0.25, -0.2) is 4.79 Å². The summed E-state index contributed by atoms with van der Waals surface area (Å²) in [4.78, 5) is 24.3. The van der Waals surface area contributed by atoms with E-state index in [-0.39, 0.29) is 11.2 Å². The number of hydrogen-bond donors (Lipinski definition) is 0. The molecule has 0 unspecified atom stereocenters. The zero-order valence-corrected chi connectivity index (χ0v) is 19.7. The molecule has 2 heterocycles. The number of aromatic nitrogens is 5. The van der Waals surface area contributed by atoms with Crippen molar-refractivity contribution in [3.05, 3.63) is 96.7 Å². The molecule has 32 heavy (non-hydrogen) atoms. The van der Waals surface area contributed by atoms with Crippen molar-refractivity contribution in [2.45, 2.75) is 17.5 Å². The topological polar surface area (TPSA) is 74.7 Å². The van der Waals surface area contributed by atoms with Gasteiger partial charge in [0.15, 0.2) is 11.0 Å². The van der Waals surface area contributed by atoms with Crippen LogP contribution in [0.5, 0.6) is 0 Å². The summed E-state index contributed by atoms with van der Waals surface area (Å²) in [7, 11) is 3.10. The first-order valence-corrected chi connectivity index (χ1v) is 11.4. The van der Waals surface area contributed by atoms with E-state index in [0.29, 0.717) is 44.6 Å². The van der Waals surface area contributed by atoms with Gasteiger partial charge < -0.3 is 0 Å².